The summed E-state index contributed by atoms with van der Waals surface area (Å²) in [5.41, 5.74) is 3.34. The minimum atomic E-state index is -1.01. The van der Waals surface area contributed by atoms with Gasteiger partial charge in [0.25, 0.3) is 0 Å². The standard InChI is InChI=1S/C34H29ClN2O3/c1-34(20-22-9-10-24-6-2-3-7-26(24)17-22)33(40)37(21-23-5-4-8-29(39)18-23)31-16-13-27(35)19-30(31)32(36-34)25-11-14-28(38)15-12-25/h2-19,32,36,38-39H,20-21H2,1H3. The van der Waals surface area contributed by atoms with Crippen LogP contribution in [0.5, 0.6) is 11.5 Å². The zero-order valence-corrected chi connectivity index (χ0v) is 22.8. The van der Waals surface area contributed by atoms with E-state index < -0.39 is 5.54 Å². The van der Waals surface area contributed by atoms with E-state index in [0.29, 0.717) is 11.4 Å². The fourth-order valence-corrected chi connectivity index (χ4v) is 5.86. The minimum Gasteiger partial charge on any atom is -0.508 e. The summed E-state index contributed by atoms with van der Waals surface area (Å²) in [5.74, 6) is 0.230. The third kappa shape index (κ3) is 5.02. The molecule has 6 heteroatoms. The Kier molecular flexibility index (Phi) is 6.70. The van der Waals surface area contributed by atoms with E-state index in [-0.39, 0.29) is 30.0 Å². The van der Waals surface area contributed by atoms with Crippen molar-refractivity contribution in [3.8, 4) is 11.5 Å². The van der Waals surface area contributed by atoms with Gasteiger partial charge in [-0.3, -0.25) is 10.1 Å². The third-order valence-corrected chi connectivity index (χ3v) is 7.86. The Hall–Kier alpha value is -4.32. The number of halogens is 1. The minimum absolute atomic E-state index is 0.0890. The van der Waals surface area contributed by atoms with E-state index in [1.165, 1.54) is 0 Å². The van der Waals surface area contributed by atoms with E-state index in [1.54, 1.807) is 41.3 Å². The molecule has 3 N–H and O–H groups in total. The number of hydrogen-bond donors (Lipinski definition) is 3. The van der Waals surface area contributed by atoms with E-state index in [2.05, 4.69) is 35.6 Å². The smallest absolute Gasteiger partial charge is 0.247 e. The Morgan fingerprint density at radius 1 is 0.800 bits per heavy atom. The number of aromatic hydroxyl groups is 2. The molecule has 1 aliphatic rings. The SMILES string of the molecule is CC1(Cc2ccc3ccccc3c2)NC(c2ccc(O)cc2)c2cc(Cl)ccc2N(Cc2cccc(O)c2)C1=O. The monoisotopic (exact) mass is 548 g/mol. The molecule has 40 heavy (non-hydrogen) atoms. The van der Waals surface area contributed by atoms with Gasteiger partial charge in [-0.2, -0.15) is 0 Å². The highest BCUT2D eigenvalue weighted by Gasteiger charge is 2.44. The van der Waals surface area contributed by atoms with Crippen molar-refractivity contribution in [2.24, 2.45) is 0 Å². The second-order valence-corrected chi connectivity index (χ2v) is 11.1. The highest BCUT2D eigenvalue weighted by Crippen LogP contribution is 2.40. The van der Waals surface area contributed by atoms with Gasteiger partial charge in [-0.25, -0.2) is 0 Å². The summed E-state index contributed by atoms with van der Waals surface area (Å²) >= 11 is 6.53. The number of carbonyl (C=O) groups excluding carboxylic acids is 1. The summed E-state index contributed by atoms with van der Waals surface area (Å²) in [6.45, 7) is 2.22. The number of nitrogens with one attached hydrogen (secondary N) is 1. The fraction of sp³-hybridized carbons (Fsp3) is 0.147. The van der Waals surface area contributed by atoms with E-state index in [0.717, 1.165) is 38.7 Å². The van der Waals surface area contributed by atoms with E-state index >= 15 is 0 Å². The molecule has 6 rings (SSSR count). The molecule has 0 aromatic heterocycles. The molecule has 200 valence electrons. The first-order valence-electron chi connectivity index (χ1n) is 13.2. The molecular weight excluding hydrogens is 520 g/mol. The predicted molar refractivity (Wildman–Crippen MR) is 160 cm³/mol. The van der Waals surface area contributed by atoms with Crippen LogP contribution in [0.25, 0.3) is 10.8 Å². The summed E-state index contributed by atoms with van der Waals surface area (Å²) in [5, 5.41) is 26.6. The lowest BCUT2D eigenvalue weighted by atomic mass is 9.88. The zero-order chi connectivity index (χ0) is 27.9. The van der Waals surface area contributed by atoms with Crippen molar-refractivity contribution in [2.45, 2.75) is 31.5 Å². The van der Waals surface area contributed by atoms with Crippen LogP contribution in [0.3, 0.4) is 0 Å². The van der Waals surface area contributed by atoms with Crippen molar-refractivity contribution in [1.82, 2.24) is 5.32 Å². The molecule has 0 fully saturated rings. The largest absolute Gasteiger partial charge is 0.508 e. The lowest BCUT2D eigenvalue weighted by molar-refractivity contribution is -0.124. The summed E-state index contributed by atoms with van der Waals surface area (Å²) in [6.07, 6.45) is 0.448. The van der Waals surface area contributed by atoms with Gasteiger partial charge in [0.1, 0.15) is 17.0 Å². The van der Waals surface area contributed by atoms with Gasteiger partial charge >= 0.3 is 0 Å². The lowest BCUT2D eigenvalue weighted by Crippen LogP contribution is -2.56. The summed E-state index contributed by atoms with van der Waals surface area (Å²) in [6, 6.07) is 33.7. The Balaban J connectivity index is 1.50. The van der Waals surface area contributed by atoms with Crippen molar-refractivity contribution >= 4 is 34.0 Å². The number of nitrogens with zero attached hydrogens (tertiary/aromatic N) is 1. The van der Waals surface area contributed by atoms with Crippen molar-refractivity contribution in [3.05, 3.63) is 136 Å². The Morgan fingerprint density at radius 3 is 2.35 bits per heavy atom. The zero-order valence-electron chi connectivity index (χ0n) is 22.0. The first-order chi connectivity index (χ1) is 19.3. The molecule has 0 saturated carbocycles. The first-order valence-corrected chi connectivity index (χ1v) is 13.6. The number of carbonyl (C=O) groups is 1. The molecule has 1 heterocycles. The highest BCUT2D eigenvalue weighted by molar-refractivity contribution is 6.30. The third-order valence-electron chi connectivity index (χ3n) is 7.62. The van der Waals surface area contributed by atoms with Crippen molar-refractivity contribution in [2.75, 3.05) is 4.90 Å². The molecule has 5 aromatic rings. The summed E-state index contributed by atoms with van der Waals surface area (Å²) in [4.78, 5) is 16.4. The molecule has 2 atom stereocenters. The van der Waals surface area contributed by atoms with E-state index in [1.807, 2.05) is 49.4 Å². The molecular formula is C34H29ClN2O3. The van der Waals surface area contributed by atoms with Gasteiger partial charge in [0.2, 0.25) is 5.91 Å². The number of anilines is 1. The topological polar surface area (TPSA) is 72.8 Å². The summed E-state index contributed by atoms with van der Waals surface area (Å²) in [7, 11) is 0. The van der Waals surface area contributed by atoms with Crippen LogP contribution >= 0.6 is 11.6 Å². The average molecular weight is 549 g/mol. The number of amides is 1. The van der Waals surface area contributed by atoms with Gasteiger partial charge in [-0.15, -0.1) is 0 Å². The van der Waals surface area contributed by atoms with Crippen molar-refractivity contribution in [1.29, 1.82) is 0 Å². The number of phenols is 2. The lowest BCUT2D eigenvalue weighted by Gasteiger charge is -2.34. The highest BCUT2D eigenvalue weighted by atomic mass is 35.5. The average Bonchev–Trinajstić information content (AvgIpc) is 3.02. The molecule has 0 spiro atoms. The second-order valence-electron chi connectivity index (χ2n) is 10.6. The van der Waals surface area contributed by atoms with Crippen LogP contribution in [0.1, 0.15) is 35.2 Å². The maximum atomic E-state index is 14.6. The van der Waals surface area contributed by atoms with Crippen LogP contribution < -0.4 is 10.2 Å². The van der Waals surface area contributed by atoms with Crippen LogP contribution in [-0.2, 0) is 17.8 Å². The molecule has 0 saturated heterocycles. The molecule has 0 bridgehead atoms. The molecule has 1 amide bonds. The maximum absolute atomic E-state index is 14.6. The second kappa shape index (κ2) is 10.3. The van der Waals surface area contributed by atoms with Crippen LogP contribution in [-0.4, -0.2) is 21.7 Å². The van der Waals surface area contributed by atoms with E-state index in [9.17, 15) is 15.0 Å². The fourth-order valence-electron chi connectivity index (χ4n) is 5.68. The normalized spacial score (nSPS) is 18.9. The van der Waals surface area contributed by atoms with Gasteiger partial charge in [0.05, 0.1) is 12.6 Å². The van der Waals surface area contributed by atoms with Crippen molar-refractivity contribution < 1.29 is 15.0 Å². The van der Waals surface area contributed by atoms with Gasteiger partial charge in [-0.1, -0.05) is 78.3 Å². The van der Waals surface area contributed by atoms with Crippen LogP contribution in [0.15, 0.2) is 109 Å². The van der Waals surface area contributed by atoms with Gasteiger partial charge in [-0.05, 0) is 88.8 Å². The van der Waals surface area contributed by atoms with Crippen LogP contribution in [0.4, 0.5) is 5.69 Å². The molecule has 5 nitrogen and oxygen atoms in total. The van der Waals surface area contributed by atoms with Crippen LogP contribution in [0.2, 0.25) is 5.02 Å². The van der Waals surface area contributed by atoms with E-state index in [4.69, 9.17) is 11.6 Å². The van der Waals surface area contributed by atoms with Gasteiger partial charge < -0.3 is 15.1 Å². The Labute approximate surface area is 238 Å². The Morgan fingerprint density at radius 2 is 1.57 bits per heavy atom. The first kappa shape index (κ1) is 25.9. The van der Waals surface area contributed by atoms with Gasteiger partial charge in [0, 0.05) is 10.7 Å². The molecule has 0 radical (unpaired) electrons. The Bertz CT molecular complexity index is 1720. The molecule has 5 aromatic carbocycles. The molecule has 0 aliphatic carbocycles. The number of hydrogen-bond acceptors (Lipinski definition) is 4. The van der Waals surface area contributed by atoms with Gasteiger partial charge in [0.15, 0.2) is 0 Å². The van der Waals surface area contributed by atoms with Crippen LogP contribution in [0, 0.1) is 0 Å². The predicted octanol–water partition coefficient (Wildman–Crippen LogP) is 7.13. The van der Waals surface area contributed by atoms with Crippen molar-refractivity contribution in [3.63, 3.8) is 0 Å². The molecule has 2 unspecified atom stereocenters. The number of rotatable bonds is 5. The summed E-state index contributed by atoms with van der Waals surface area (Å²) < 4.78 is 0. The maximum Gasteiger partial charge on any atom is 0.247 e. The number of benzene rings is 5. The quantitative estimate of drug-likeness (QED) is 0.218. The molecule has 1 aliphatic heterocycles. The number of phenolic OH excluding ortho intramolecular Hbond substituents is 2. The number of fused-ring (bicyclic) bond motifs is 2.